The van der Waals surface area contributed by atoms with Crippen LogP contribution in [0, 0.1) is 11.6 Å². The topological polar surface area (TPSA) is 73.0 Å². The number of piperidine rings is 1. The lowest BCUT2D eigenvalue weighted by Gasteiger charge is -2.43. The molecule has 1 N–H and O–H groups in total. The highest BCUT2D eigenvalue weighted by molar-refractivity contribution is 6.05. The van der Waals surface area contributed by atoms with Crippen LogP contribution in [-0.4, -0.2) is 65.1 Å². The summed E-state index contributed by atoms with van der Waals surface area (Å²) < 4.78 is 99.4. The van der Waals surface area contributed by atoms with Crippen LogP contribution in [0.1, 0.15) is 60.5 Å². The molecule has 0 bridgehead atoms. The number of nitrogens with zero attached hydrogens (tertiary/aromatic N) is 3. The van der Waals surface area contributed by atoms with Gasteiger partial charge in [-0.25, -0.2) is 8.78 Å². The van der Waals surface area contributed by atoms with Crippen LogP contribution in [0.3, 0.4) is 0 Å². The van der Waals surface area contributed by atoms with Gasteiger partial charge >= 0.3 is 0 Å². The number of hydrogen-bond acceptors (Lipinski definition) is 5. The van der Waals surface area contributed by atoms with Crippen LogP contribution in [0.15, 0.2) is 6.07 Å². The van der Waals surface area contributed by atoms with E-state index < -0.39 is 90.3 Å². The minimum Gasteiger partial charge on any atom is -0.367 e. The van der Waals surface area contributed by atoms with Crippen LogP contribution in [0.2, 0.25) is 0 Å². The van der Waals surface area contributed by atoms with Gasteiger partial charge in [0.05, 0.1) is 23.3 Å². The summed E-state index contributed by atoms with van der Waals surface area (Å²) in [6, 6.07) is -0.888. The van der Waals surface area contributed by atoms with Gasteiger partial charge in [-0.05, 0) is 27.2 Å². The first kappa shape index (κ1) is 13.0. The summed E-state index contributed by atoms with van der Waals surface area (Å²) in [7, 11) is 0. The molecule has 1 aromatic rings. The van der Waals surface area contributed by atoms with Crippen LogP contribution in [0.25, 0.3) is 0 Å². The number of anilines is 1. The molecular formula is C21H26F2N4O3. The zero-order chi connectivity index (χ0) is 29.0. The summed E-state index contributed by atoms with van der Waals surface area (Å²) in [5, 5.41) is 2.05. The van der Waals surface area contributed by atoms with E-state index in [4.69, 9.17) is 11.0 Å². The maximum atomic E-state index is 16.0. The van der Waals surface area contributed by atoms with Gasteiger partial charge in [0.1, 0.15) is 11.9 Å². The zero-order valence-electron chi connectivity index (χ0n) is 24.6. The monoisotopic (exact) mass is 428 g/mol. The first-order valence-corrected chi connectivity index (χ1v) is 9.36. The van der Waals surface area contributed by atoms with Gasteiger partial charge in [0, 0.05) is 55.1 Å². The van der Waals surface area contributed by atoms with Crippen LogP contribution in [0.4, 0.5) is 14.5 Å². The maximum Gasteiger partial charge on any atom is 0.258 e. The van der Waals surface area contributed by atoms with Crippen molar-refractivity contribution in [2.45, 2.75) is 51.7 Å². The second-order valence-electron chi connectivity index (χ2n) is 8.23. The Hall–Kier alpha value is -2.55. The molecule has 4 rings (SSSR count). The van der Waals surface area contributed by atoms with E-state index in [0.717, 1.165) is 4.90 Å². The van der Waals surface area contributed by atoms with Crippen molar-refractivity contribution in [3.63, 3.8) is 0 Å². The Morgan fingerprint density at radius 2 is 1.80 bits per heavy atom. The fourth-order valence-electron chi connectivity index (χ4n) is 3.54. The van der Waals surface area contributed by atoms with Crippen molar-refractivity contribution < 1.29 is 34.1 Å². The molecule has 0 saturated carbocycles. The molecule has 0 aromatic heterocycles. The predicted molar refractivity (Wildman–Crippen MR) is 106 cm³/mol. The molecule has 1 unspecified atom stereocenters. The number of benzene rings is 1. The number of hydrogen-bond donors (Lipinski definition) is 1. The Labute approximate surface area is 185 Å². The number of fused-ring (bicyclic) bond motifs is 1. The first-order chi connectivity index (χ1) is 17.1. The molecule has 0 aliphatic carbocycles. The van der Waals surface area contributed by atoms with Gasteiger partial charge in [0.15, 0.2) is 5.82 Å². The predicted octanol–water partition coefficient (Wildman–Crippen LogP) is 1.65. The Balaban J connectivity index is 1.87. The largest absolute Gasteiger partial charge is 0.367 e. The molecular weight excluding hydrogens is 394 g/mol. The van der Waals surface area contributed by atoms with Gasteiger partial charge in [-0.1, -0.05) is 0 Å². The summed E-state index contributed by atoms with van der Waals surface area (Å²) in [4.78, 5) is 37.9. The molecule has 2 fully saturated rings. The molecule has 1 aromatic carbocycles. The molecule has 3 amide bonds. The Morgan fingerprint density at radius 3 is 2.40 bits per heavy atom. The number of rotatable bonds is 2. The number of imide groups is 1. The first-order valence-electron chi connectivity index (χ1n) is 13.4. The van der Waals surface area contributed by atoms with Crippen molar-refractivity contribution in [1.29, 1.82) is 0 Å². The molecule has 1 atom stereocenters. The lowest BCUT2D eigenvalue weighted by molar-refractivity contribution is -0.136. The van der Waals surface area contributed by atoms with Crippen molar-refractivity contribution in [3.05, 3.63) is 28.8 Å². The number of piperazine rings is 1. The Morgan fingerprint density at radius 1 is 1.13 bits per heavy atom. The molecule has 0 spiro atoms. The minimum atomic E-state index is -3.46. The highest BCUT2D eigenvalue weighted by Gasteiger charge is 2.42. The number of halogens is 2. The van der Waals surface area contributed by atoms with E-state index in [2.05, 4.69) is 0 Å². The summed E-state index contributed by atoms with van der Waals surface area (Å²) in [6.45, 7) is -10.0. The van der Waals surface area contributed by atoms with Crippen molar-refractivity contribution in [2.24, 2.45) is 0 Å². The molecule has 7 nitrogen and oxygen atoms in total. The molecule has 0 radical (unpaired) electrons. The van der Waals surface area contributed by atoms with Gasteiger partial charge in [-0.2, -0.15) is 0 Å². The van der Waals surface area contributed by atoms with Gasteiger partial charge in [0.25, 0.3) is 5.91 Å². The van der Waals surface area contributed by atoms with E-state index in [-0.39, 0.29) is 17.7 Å². The lowest BCUT2D eigenvalue weighted by atomic mass is 10.0. The number of carbonyl (C=O) groups is 3. The number of amides is 3. The Kier molecular flexibility index (Phi) is 3.16. The highest BCUT2D eigenvalue weighted by Crippen LogP contribution is 2.36. The average molecular weight is 429 g/mol. The fourth-order valence-corrected chi connectivity index (χ4v) is 3.54. The quantitative estimate of drug-likeness (QED) is 0.726. The fraction of sp³-hybridized carbons (Fsp3) is 0.571. The van der Waals surface area contributed by atoms with E-state index in [1.807, 2.05) is 5.32 Å². The van der Waals surface area contributed by atoms with E-state index in [1.54, 1.807) is 0 Å². The van der Waals surface area contributed by atoms with Crippen LogP contribution >= 0.6 is 0 Å². The Bertz CT molecular complexity index is 1230. The lowest BCUT2D eigenvalue weighted by Crippen LogP contribution is -2.53. The third-order valence-corrected chi connectivity index (χ3v) is 5.14. The van der Waals surface area contributed by atoms with Crippen molar-refractivity contribution in [1.82, 2.24) is 15.1 Å². The second-order valence-corrected chi connectivity index (χ2v) is 8.23. The molecule has 162 valence electrons. The second kappa shape index (κ2) is 7.30. The summed E-state index contributed by atoms with van der Waals surface area (Å²) >= 11 is 0. The van der Waals surface area contributed by atoms with E-state index in [0.29, 0.717) is 11.0 Å². The third kappa shape index (κ3) is 3.45. The van der Waals surface area contributed by atoms with Crippen molar-refractivity contribution in [2.75, 3.05) is 30.9 Å². The normalized spacial score (nSPS) is 33.8. The molecule has 3 aliphatic rings. The van der Waals surface area contributed by atoms with Crippen molar-refractivity contribution >= 4 is 23.4 Å². The maximum absolute atomic E-state index is 16.0. The smallest absolute Gasteiger partial charge is 0.258 e. The van der Waals surface area contributed by atoms with E-state index in [9.17, 15) is 14.4 Å². The molecule has 3 heterocycles. The van der Waals surface area contributed by atoms with Gasteiger partial charge in [-0.15, -0.1) is 0 Å². The third-order valence-electron chi connectivity index (χ3n) is 5.14. The molecule has 30 heavy (non-hydrogen) atoms. The standard InChI is InChI=1S/C21H26F2N4O3/c1-21(2,3)26-8-6-25(7-9-26)15-10-13(22)17-12(18(15)23)11-27(20(17)30)14-4-5-16(28)24-19(14)29/h10,14H,4-9,11H2,1-3H3,(H,24,28,29)/i6D2,7D2,8D2,9D2. The SMILES string of the molecule is [2H]C1([2H])N(c2cc(F)c3c(c2F)CN(C2CCC(=O)NC2=O)C3=O)C([2H])([2H])C([2H])([2H])N(C(C)(C)C)C1([2H])[2H]. The molecule has 9 heteroatoms. The number of carbonyl (C=O) groups excluding carboxylic acids is 3. The summed E-state index contributed by atoms with van der Waals surface area (Å²) in [5.41, 5.74) is -3.97. The molecule has 2 saturated heterocycles. The van der Waals surface area contributed by atoms with Crippen LogP contribution in [-0.2, 0) is 16.1 Å². The summed E-state index contributed by atoms with van der Waals surface area (Å²) in [6.07, 6.45) is -0.212. The summed E-state index contributed by atoms with van der Waals surface area (Å²) in [5.74, 6) is -5.32. The van der Waals surface area contributed by atoms with Crippen LogP contribution < -0.4 is 10.2 Å². The molecule has 3 aliphatic heterocycles. The van der Waals surface area contributed by atoms with Crippen molar-refractivity contribution in [3.8, 4) is 0 Å². The highest BCUT2D eigenvalue weighted by atomic mass is 19.1. The number of nitrogens with one attached hydrogen (secondary N) is 1. The van der Waals surface area contributed by atoms with Gasteiger partial charge < -0.3 is 9.80 Å². The van der Waals surface area contributed by atoms with Gasteiger partial charge in [-0.3, -0.25) is 24.6 Å². The average Bonchev–Trinajstić information content (AvgIpc) is 3.06. The van der Waals surface area contributed by atoms with E-state index >= 15 is 8.78 Å². The van der Waals surface area contributed by atoms with Gasteiger partial charge in [0.2, 0.25) is 11.8 Å². The minimum absolute atomic E-state index is 0.0965. The van der Waals surface area contributed by atoms with E-state index in [1.165, 1.54) is 20.8 Å². The van der Waals surface area contributed by atoms with Crippen LogP contribution in [0.5, 0.6) is 0 Å². The zero-order valence-corrected chi connectivity index (χ0v) is 16.6.